The van der Waals surface area contributed by atoms with Crippen LogP contribution in [-0.2, 0) is 0 Å². The average molecular weight is 235 g/mol. The number of nitrogens with one attached hydrogen (secondary N) is 1. The van der Waals surface area contributed by atoms with Crippen molar-refractivity contribution in [1.82, 2.24) is 9.97 Å². The van der Waals surface area contributed by atoms with Crippen LogP contribution in [0.1, 0.15) is 27.2 Å². The Labute approximate surface area is 102 Å². The summed E-state index contributed by atoms with van der Waals surface area (Å²) in [6, 6.07) is 2.45. The van der Waals surface area contributed by atoms with Crippen molar-refractivity contribution in [2.24, 2.45) is 17.7 Å². The van der Waals surface area contributed by atoms with E-state index in [1.807, 2.05) is 6.07 Å². The summed E-state index contributed by atoms with van der Waals surface area (Å²) < 4.78 is 0. The van der Waals surface area contributed by atoms with E-state index in [9.17, 15) is 0 Å². The molecule has 3 atom stereocenters. The van der Waals surface area contributed by atoms with E-state index >= 15 is 0 Å². The van der Waals surface area contributed by atoms with Crippen LogP contribution in [0.15, 0.2) is 12.3 Å². The van der Waals surface area contributed by atoms with Crippen molar-refractivity contribution in [3.63, 3.8) is 0 Å². The number of nitrogen functional groups attached to an aromatic ring is 1. The lowest BCUT2D eigenvalue weighted by Crippen LogP contribution is -2.46. The molecular formula is C12H21N5. The minimum Gasteiger partial charge on any atom is -0.353 e. The van der Waals surface area contributed by atoms with Crippen molar-refractivity contribution in [2.75, 3.05) is 16.9 Å². The number of anilines is 2. The number of rotatable bonds is 2. The molecule has 0 radical (unpaired) electrons. The van der Waals surface area contributed by atoms with Crippen molar-refractivity contribution < 1.29 is 0 Å². The molecule has 1 aromatic rings. The second-order valence-corrected chi connectivity index (χ2v) is 5.09. The van der Waals surface area contributed by atoms with Gasteiger partial charge >= 0.3 is 0 Å². The predicted molar refractivity (Wildman–Crippen MR) is 69.6 cm³/mol. The first-order valence-corrected chi connectivity index (χ1v) is 6.18. The maximum absolute atomic E-state index is 5.34. The van der Waals surface area contributed by atoms with Gasteiger partial charge in [-0.1, -0.05) is 13.8 Å². The smallest absolute Gasteiger partial charge is 0.239 e. The highest BCUT2D eigenvalue weighted by atomic mass is 15.3. The van der Waals surface area contributed by atoms with E-state index in [-0.39, 0.29) is 0 Å². The number of hydrazine groups is 1. The zero-order chi connectivity index (χ0) is 12.4. The molecule has 3 unspecified atom stereocenters. The molecule has 1 aromatic heterocycles. The van der Waals surface area contributed by atoms with Crippen LogP contribution < -0.4 is 16.2 Å². The molecule has 0 spiro atoms. The number of piperidine rings is 1. The fraction of sp³-hybridized carbons (Fsp3) is 0.667. The van der Waals surface area contributed by atoms with E-state index in [1.165, 1.54) is 6.42 Å². The average Bonchev–Trinajstić information content (AvgIpc) is 2.34. The topological polar surface area (TPSA) is 67.1 Å². The third-order valence-corrected chi connectivity index (χ3v) is 3.66. The minimum atomic E-state index is 0.473. The molecule has 0 bridgehead atoms. The third-order valence-electron chi connectivity index (χ3n) is 3.66. The lowest BCUT2D eigenvalue weighted by Gasteiger charge is -2.41. The Kier molecular flexibility index (Phi) is 3.47. The molecule has 1 fully saturated rings. The van der Waals surface area contributed by atoms with Crippen LogP contribution in [-0.4, -0.2) is 22.6 Å². The lowest BCUT2D eigenvalue weighted by atomic mass is 9.86. The van der Waals surface area contributed by atoms with E-state index in [0.29, 0.717) is 23.8 Å². The molecule has 94 valence electrons. The Morgan fingerprint density at radius 1 is 1.41 bits per heavy atom. The lowest BCUT2D eigenvalue weighted by molar-refractivity contribution is 0.295. The third kappa shape index (κ3) is 2.49. The van der Waals surface area contributed by atoms with Gasteiger partial charge in [-0.3, -0.25) is 5.43 Å². The van der Waals surface area contributed by atoms with E-state index in [0.717, 1.165) is 12.4 Å². The summed E-state index contributed by atoms with van der Waals surface area (Å²) >= 11 is 0. The van der Waals surface area contributed by atoms with Crippen molar-refractivity contribution in [1.29, 1.82) is 0 Å². The summed E-state index contributed by atoms with van der Waals surface area (Å²) in [7, 11) is 0. The molecule has 0 amide bonds. The van der Waals surface area contributed by atoms with Gasteiger partial charge < -0.3 is 4.90 Å². The molecule has 0 saturated carbocycles. The maximum atomic E-state index is 5.34. The molecular weight excluding hydrogens is 214 g/mol. The first kappa shape index (κ1) is 12.1. The maximum Gasteiger partial charge on any atom is 0.239 e. The van der Waals surface area contributed by atoms with Crippen molar-refractivity contribution in [3.8, 4) is 0 Å². The molecule has 2 rings (SSSR count). The van der Waals surface area contributed by atoms with E-state index in [1.54, 1.807) is 6.20 Å². The molecule has 1 aliphatic rings. The molecule has 1 saturated heterocycles. The van der Waals surface area contributed by atoms with Gasteiger partial charge in [-0.15, -0.1) is 0 Å². The van der Waals surface area contributed by atoms with Gasteiger partial charge in [-0.25, -0.2) is 10.8 Å². The first-order valence-electron chi connectivity index (χ1n) is 6.18. The van der Waals surface area contributed by atoms with Crippen LogP contribution in [0.3, 0.4) is 0 Å². The summed E-state index contributed by atoms with van der Waals surface area (Å²) in [6.45, 7) is 7.90. The highest BCUT2D eigenvalue weighted by Gasteiger charge is 2.29. The van der Waals surface area contributed by atoms with Gasteiger partial charge in [-0.05, 0) is 31.2 Å². The Hall–Kier alpha value is -1.36. The van der Waals surface area contributed by atoms with Gasteiger partial charge in [0.15, 0.2) is 0 Å². The highest BCUT2D eigenvalue weighted by Crippen LogP contribution is 2.30. The van der Waals surface area contributed by atoms with Crippen LogP contribution in [0, 0.1) is 11.8 Å². The summed E-state index contributed by atoms with van der Waals surface area (Å²) in [4.78, 5) is 10.8. The highest BCUT2D eigenvalue weighted by molar-refractivity contribution is 5.43. The van der Waals surface area contributed by atoms with Crippen molar-refractivity contribution in [2.45, 2.75) is 33.2 Å². The molecule has 0 aliphatic carbocycles. The zero-order valence-electron chi connectivity index (χ0n) is 10.7. The fourth-order valence-corrected chi connectivity index (χ4v) is 2.60. The minimum absolute atomic E-state index is 0.473. The fourth-order valence-electron chi connectivity index (χ4n) is 2.60. The van der Waals surface area contributed by atoms with Crippen molar-refractivity contribution >= 4 is 11.8 Å². The van der Waals surface area contributed by atoms with E-state index in [4.69, 9.17) is 5.84 Å². The summed E-state index contributed by atoms with van der Waals surface area (Å²) in [5.74, 6) is 8.16. The normalized spacial score (nSPS) is 29.2. The number of nitrogens with two attached hydrogens (primary N) is 1. The molecule has 5 nitrogen and oxygen atoms in total. The quantitative estimate of drug-likeness (QED) is 0.602. The Bertz CT molecular complexity index is 381. The Balaban J connectivity index is 2.24. The van der Waals surface area contributed by atoms with Gasteiger partial charge in [0.1, 0.15) is 5.82 Å². The zero-order valence-corrected chi connectivity index (χ0v) is 10.7. The predicted octanol–water partition coefficient (Wildman–Crippen LogP) is 1.63. The molecule has 0 aromatic carbocycles. The second kappa shape index (κ2) is 4.87. The molecule has 2 heterocycles. The van der Waals surface area contributed by atoms with Crippen LogP contribution in [0.5, 0.6) is 0 Å². The number of aromatic nitrogens is 2. The van der Waals surface area contributed by atoms with Gasteiger partial charge in [0, 0.05) is 18.8 Å². The number of hydrogen-bond acceptors (Lipinski definition) is 5. The number of hydrogen-bond donors (Lipinski definition) is 2. The summed E-state index contributed by atoms with van der Waals surface area (Å²) in [5.41, 5.74) is 2.49. The SMILES string of the molecule is CC1CC(C)C(C)N(c2ccnc(NN)n2)C1. The summed E-state index contributed by atoms with van der Waals surface area (Å²) in [6.07, 6.45) is 3.03. The second-order valence-electron chi connectivity index (χ2n) is 5.09. The van der Waals surface area contributed by atoms with Crippen LogP contribution in [0.2, 0.25) is 0 Å². The van der Waals surface area contributed by atoms with Crippen LogP contribution in [0.25, 0.3) is 0 Å². The van der Waals surface area contributed by atoms with Crippen molar-refractivity contribution in [3.05, 3.63) is 12.3 Å². The van der Waals surface area contributed by atoms with Gasteiger partial charge in [0.25, 0.3) is 0 Å². The van der Waals surface area contributed by atoms with E-state index in [2.05, 4.69) is 41.1 Å². The van der Waals surface area contributed by atoms with Gasteiger partial charge in [0.2, 0.25) is 5.95 Å². The van der Waals surface area contributed by atoms with Gasteiger partial charge in [0.05, 0.1) is 0 Å². The molecule has 1 aliphatic heterocycles. The molecule has 17 heavy (non-hydrogen) atoms. The van der Waals surface area contributed by atoms with Gasteiger partial charge in [-0.2, -0.15) is 4.98 Å². The summed E-state index contributed by atoms with van der Waals surface area (Å²) in [5, 5.41) is 0. The van der Waals surface area contributed by atoms with Crippen LogP contribution >= 0.6 is 0 Å². The Morgan fingerprint density at radius 2 is 2.18 bits per heavy atom. The number of nitrogens with zero attached hydrogens (tertiary/aromatic N) is 3. The Morgan fingerprint density at radius 3 is 2.88 bits per heavy atom. The molecule has 5 heteroatoms. The standard InChI is InChI=1S/C12H21N5/c1-8-6-9(2)10(3)17(7-8)11-4-5-14-12(15-11)16-13/h4-5,8-10H,6-7,13H2,1-3H3,(H,14,15,16). The van der Waals surface area contributed by atoms with E-state index < -0.39 is 0 Å². The largest absolute Gasteiger partial charge is 0.353 e. The monoisotopic (exact) mass is 235 g/mol. The van der Waals surface area contributed by atoms with Crippen LogP contribution in [0.4, 0.5) is 11.8 Å². The first-order chi connectivity index (χ1) is 8.11. The molecule has 3 N–H and O–H groups in total.